The van der Waals surface area contributed by atoms with Crippen molar-refractivity contribution in [2.75, 3.05) is 28.7 Å². The highest BCUT2D eigenvalue weighted by atomic mass is 32.2. The number of anilines is 5. The fourth-order valence-electron chi connectivity index (χ4n) is 3.65. The molecule has 0 bridgehead atoms. The van der Waals surface area contributed by atoms with Gasteiger partial charge in [0.1, 0.15) is 15.5 Å². The van der Waals surface area contributed by atoms with E-state index in [1.54, 1.807) is 48.8 Å². The van der Waals surface area contributed by atoms with Crippen LogP contribution >= 0.6 is 0 Å². The first-order valence-corrected chi connectivity index (χ1v) is 14.4. The zero-order valence-corrected chi connectivity index (χ0v) is 23.1. The Morgan fingerprint density at radius 1 is 0.690 bits per heavy atom. The van der Waals surface area contributed by atoms with Crippen LogP contribution in [0.15, 0.2) is 82.8 Å². The van der Waals surface area contributed by atoms with Crippen molar-refractivity contribution in [3.63, 3.8) is 0 Å². The summed E-state index contributed by atoms with van der Waals surface area (Å²) < 4.78 is 62.7. The fourth-order valence-corrected chi connectivity index (χ4v) is 4.93. The summed E-state index contributed by atoms with van der Waals surface area (Å²) in [5.74, 6) is -0.686. The molecule has 0 aliphatic carbocycles. The van der Waals surface area contributed by atoms with Crippen molar-refractivity contribution >= 4 is 70.2 Å². The highest BCUT2D eigenvalue weighted by molar-refractivity contribution is 7.86. The van der Waals surface area contributed by atoms with E-state index in [2.05, 4.69) is 4.98 Å². The number of aromatic hydroxyl groups is 1. The molecule has 0 fully saturated rings. The normalized spacial score (nSPS) is 11.1. The molecule has 0 amide bonds. The molecule has 0 aliphatic rings. The highest BCUT2D eigenvalue weighted by Gasteiger charge is 2.22. The van der Waals surface area contributed by atoms with Crippen LogP contribution in [-0.4, -0.2) is 36.0 Å². The molecule has 0 radical (unpaired) electrons. The Morgan fingerprint density at radius 3 is 1.76 bits per heavy atom. The van der Waals surface area contributed by atoms with E-state index in [1.807, 2.05) is 12.1 Å². The van der Waals surface area contributed by atoms with Crippen molar-refractivity contribution in [3.8, 4) is 11.8 Å². The smallest absolute Gasteiger partial charge is 0.296 e. The third-order valence-electron chi connectivity index (χ3n) is 5.73. The third-order valence-corrected chi connectivity index (χ3v) is 7.53. The maximum absolute atomic E-state index is 11.2. The molecule has 13 N–H and O–H groups in total. The van der Waals surface area contributed by atoms with Crippen molar-refractivity contribution in [1.82, 2.24) is 4.98 Å². The average molecular weight is 612 g/mol. The first-order valence-electron chi connectivity index (χ1n) is 11.5. The second kappa shape index (κ2) is 12.0. The van der Waals surface area contributed by atoms with E-state index in [0.717, 1.165) is 34.7 Å². The molecule has 0 saturated heterocycles. The van der Waals surface area contributed by atoms with Crippen LogP contribution in [0.4, 0.5) is 28.4 Å². The second-order valence-electron chi connectivity index (χ2n) is 8.60. The third kappa shape index (κ3) is 7.04. The molecule has 14 nitrogen and oxygen atoms in total. The Labute approximate surface area is 240 Å². The minimum atomic E-state index is -4.73. The molecule has 16 heteroatoms. The SMILES string of the molecule is N#Cc1ccc(N)cc1.Nc1cc2c(O)c(N)c(S(=O)(=O)O)cc2cc1S(=O)(=O)O.Nc1ccc(N)c2cnccc12. The van der Waals surface area contributed by atoms with Gasteiger partial charge in [0, 0.05) is 45.6 Å². The van der Waals surface area contributed by atoms with E-state index in [4.69, 9.17) is 43.0 Å². The number of hydrogen-bond acceptors (Lipinski definition) is 12. The van der Waals surface area contributed by atoms with Gasteiger partial charge in [-0.25, -0.2) is 0 Å². The van der Waals surface area contributed by atoms with Gasteiger partial charge in [-0.05, 0) is 66.0 Å². The maximum Gasteiger partial charge on any atom is 0.296 e. The number of nitrogen functional groups attached to an aromatic ring is 5. The van der Waals surface area contributed by atoms with Crippen molar-refractivity contribution in [2.24, 2.45) is 0 Å². The molecule has 0 spiro atoms. The number of hydrogen-bond donors (Lipinski definition) is 8. The van der Waals surface area contributed by atoms with Gasteiger partial charge in [-0.15, -0.1) is 0 Å². The lowest BCUT2D eigenvalue weighted by atomic mass is 10.1. The molecular formula is C26H25N7O7S2. The Hall–Kier alpha value is -5.34. The van der Waals surface area contributed by atoms with Crippen LogP contribution in [0.2, 0.25) is 0 Å². The molecule has 1 heterocycles. The molecular weight excluding hydrogens is 586 g/mol. The first kappa shape index (κ1) is 31.2. The summed E-state index contributed by atoms with van der Waals surface area (Å²) in [6, 6.07) is 17.0. The molecule has 42 heavy (non-hydrogen) atoms. The van der Waals surface area contributed by atoms with Crippen LogP contribution in [-0.2, 0) is 20.2 Å². The quantitative estimate of drug-likeness (QED) is 0.0808. The fraction of sp³-hybridized carbons (Fsp3) is 0. The number of aromatic nitrogens is 1. The van der Waals surface area contributed by atoms with Crippen LogP contribution in [0.1, 0.15) is 5.56 Å². The number of pyridine rings is 1. The first-order chi connectivity index (χ1) is 19.5. The largest absolute Gasteiger partial charge is 0.505 e. The second-order valence-corrected chi connectivity index (χ2v) is 11.4. The monoisotopic (exact) mass is 611 g/mol. The zero-order valence-electron chi connectivity index (χ0n) is 21.5. The van der Waals surface area contributed by atoms with Crippen LogP contribution in [0.25, 0.3) is 21.5 Å². The van der Waals surface area contributed by atoms with Crippen molar-refractivity contribution in [2.45, 2.75) is 9.79 Å². The number of nitrogens with zero attached hydrogens (tertiary/aromatic N) is 2. The molecule has 218 valence electrons. The molecule has 5 aromatic rings. The number of phenolic OH excluding ortho intramolecular Hbond substituents is 1. The molecule has 4 aromatic carbocycles. The summed E-state index contributed by atoms with van der Waals surface area (Å²) in [5.41, 5.74) is 29.5. The molecule has 0 unspecified atom stereocenters. The summed E-state index contributed by atoms with van der Waals surface area (Å²) >= 11 is 0. The van der Waals surface area contributed by atoms with Gasteiger partial charge < -0.3 is 33.8 Å². The van der Waals surface area contributed by atoms with E-state index >= 15 is 0 Å². The van der Waals surface area contributed by atoms with Crippen molar-refractivity contribution in [3.05, 3.63) is 78.6 Å². The summed E-state index contributed by atoms with van der Waals surface area (Å²) in [6.07, 6.45) is 3.43. The lowest BCUT2D eigenvalue weighted by molar-refractivity contribution is 0.473. The number of phenols is 1. The minimum absolute atomic E-state index is 0.0372. The van der Waals surface area contributed by atoms with E-state index < -0.39 is 41.5 Å². The predicted molar refractivity (Wildman–Crippen MR) is 160 cm³/mol. The van der Waals surface area contributed by atoms with Crippen molar-refractivity contribution in [1.29, 1.82) is 5.26 Å². The van der Waals surface area contributed by atoms with Crippen LogP contribution in [0, 0.1) is 11.3 Å². The number of benzene rings is 4. The Bertz CT molecular complexity index is 2020. The maximum atomic E-state index is 11.2. The van der Waals surface area contributed by atoms with Gasteiger partial charge in [0.2, 0.25) is 0 Å². The lowest BCUT2D eigenvalue weighted by Crippen LogP contribution is -2.06. The molecule has 0 saturated carbocycles. The standard InChI is InChI=1S/C10H10N2O7S2.C9H9N3.C7H6N2/c11-6-3-5-4(1-7(6)20(14,15)16)2-8(21(17,18)19)9(12)10(5)13;10-8-1-2-9(11)7-5-12-4-3-6(7)8;8-5-6-1-3-7(9)4-2-6/h1-3,13H,11-12H2,(H,14,15,16)(H,17,18,19);1-5H,10-11H2;1-4H,9H2. The predicted octanol–water partition coefficient (Wildman–Crippen LogP) is 2.74. The topological polar surface area (TPSA) is 296 Å². The number of rotatable bonds is 2. The Balaban J connectivity index is 0.000000193. The van der Waals surface area contributed by atoms with Crippen molar-refractivity contribution < 1.29 is 31.0 Å². The minimum Gasteiger partial charge on any atom is -0.505 e. The molecule has 0 atom stereocenters. The summed E-state index contributed by atoms with van der Waals surface area (Å²) in [4.78, 5) is 2.52. The average Bonchev–Trinajstić information content (AvgIpc) is 2.93. The van der Waals surface area contributed by atoms with E-state index in [9.17, 15) is 21.9 Å². The number of fused-ring (bicyclic) bond motifs is 2. The van der Waals surface area contributed by atoms with Gasteiger partial charge in [0.15, 0.2) is 0 Å². The molecule has 0 aliphatic heterocycles. The molecule has 5 rings (SSSR count). The molecule has 1 aromatic heterocycles. The van der Waals surface area contributed by atoms with Gasteiger partial charge in [0.25, 0.3) is 20.2 Å². The van der Waals surface area contributed by atoms with E-state index in [-0.39, 0.29) is 16.5 Å². The zero-order chi connectivity index (χ0) is 31.4. The summed E-state index contributed by atoms with van der Waals surface area (Å²) in [6.45, 7) is 0. The van der Waals surface area contributed by atoms with Gasteiger partial charge in [0.05, 0.1) is 23.0 Å². The van der Waals surface area contributed by atoms with Gasteiger partial charge in [-0.2, -0.15) is 22.1 Å². The van der Waals surface area contributed by atoms with Gasteiger partial charge >= 0.3 is 0 Å². The number of nitriles is 1. The Morgan fingerprint density at radius 2 is 1.24 bits per heavy atom. The summed E-state index contributed by atoms with van der Waals surface area (Å²) in [7, 11) is -9.38. The summed E-state index contributed by atoms with van der Waals surface area (Å²) in [5, 5.41) is 19.9. The number of nitrogens with two attached hydrogens (primary N) is 5. The van der Waals surface area contributed by atoms with Crippen LogP contribution in [0.3, 0.4) is 0 Å². The van der Waals surface area contributed by atoms with Gasteiger partial charge in [-0.1, -0.05) is 0 Å². The van der Waals surface area contributed by atoms with Crippen LogP contribution < -0.4 is 28.7 Å². The van der Waals surface area contributed by atoms with Crippen LogP contribution in [0.5, 0.6) is 5.75 Å². The highest BCUT2D eigenvalue weighted by Crippen LogP contribution is 2.38. The van der Waals surface area contributed by atoms with E-state index in [0.29, 0.717) is 16.9 Å². The van der Waals surface area contributed by atoms with Gasteiger partial charge in [-0.3, -0.25) is 14.1 Å². The van der Waals surface area contributed by atoms with E-state index in [1.165, 1.54) is 0 Å². The Kier molecular flexibility index (Phi) is 8.94. The lowest BCUT2D eigenvalue weighted by Gasteiger charge is -2.11.